The van der Waals surface area contributed by atoms with E-state index in [1.165, 1.54) is 23.9 Å². The van der Waals surface area contributed by atoms with Crippen molar-refractivity contribution in [3.63, 3.8) is 0 Å². The number of carbonyl (C=O) groups excluding carboxylic acids is 2. The third-order valence-electron chi connectivity index (χ3n) is 3.23. The van der Waals surface area contributed by atoms with Crippen LogP contribution in [-0.4, -0.2) is 43.5 Å². The molecule has 3 rings (SSSR count). The number of hydrogen-bond donors (Lipinski definition) is 1. The largest absolute Gasteiger partial charge is 0.301 e. The van der Waals surface area contributed by atoms with Gasteiger partial charge in [0.2, 0.25) is 15.9 Å². The van der Waals surface area contributed by atoms with Gasteiger partial charge in [0.15, 0.2) is 5.17 Å². The predicted octanol–water partition coefficient (Wildman–Crippen LogP) is 0.586. The summed E-state index contributed by atoms with van der Waals surface area (Å²) in [4.78, 5) is 28.0. The zero-order chi connectivity index (χ0) is 15.7. The molecular formula is C13H13N3O4S2. The van der Waals surface area contributed by atoms with E-state index in [1.807, 2.05) is 0 Å². The maximum absolute atomic E-state index is 12.2. The fourth-order valence-corrected chi connectivity index (χ4v) is 4.40. The van der Waals surface area contributed by atoms with E-state index in [4.69, 9.17) is 0 Å². The van der Waals surface area contributed by atoms with E-state index in [-0.39, 0.29) is 29.3 Å². The van der Waals surface area contributed by atoms with Crippen LogP contribution in [0.15, 0.2) is 29.3 Å². The number of carbonyl (C=O) groups is 2. The van der Waals surface area contributed by atoms with Gasteiger partial charge in [-0.3, -0.25) is 14.6 Å². The third kappa shape index (κ3) is 2.86. The number of sulfonamides is 1. The van der Waals surface area contributed by atoms with E-state index in [0.29, 0.717) is 11.7 Å². The molecule has 1 N–H and O–H groups in total. The molecule has 0 atom stereocenters. The number of rotatable bonds is 2. The summed E-state index contributed by atoms with van der Waals surface area (Å²) in [6.45, 7) is 0.668. The summed E-state index contributed by atoms with van der Waals surface area (Å²) in [6, 6.07) is 6.01. The number of hydrogen-bond acceptors (Lipinski definition) is 6. The molecule has 116 valence electrons. The number of anilines is 1. The Labute approximate surface area is 131 Å². The monoisotopic (exact) mass is 339 g/mol. The van der Waals surface area contributed by atoms with Crippen molar-refractivity contribution >= 4 is 44.5 Å². The molecule has 0 saturated carbocycles. The van der Waals surface area contributed by atoms with E-state index in [2.05, 4.69) is 10.3 Å². The van der Waals surface area contributed by atoms with Gasteiger partial charge < -0.3 is 5.32 Å². The van der Waals surface area contributed by atoms with Gasteiger partial charge in [0.25, 0.3) is 5.91 Å². The third-order valence-corrected chi connectivity index (χ3v) is 5.81. The van der Waals surface area contributed by atoms with Gasteiger partial charge in [-0.15, -0.1) is 0 Å². The average molecular weight is 339 g/mol. The molecule has 1 fully saturated rings. The molecule has 1 aromatic carbocycles. The van der Waals surface area contributed by atoms with E-state index in [9.17, 15) is 18.0 Å². The van der Waals surface area contributed by atoms with Gasteiger partial charge in [0.05, 0.1) is 18.0 Å². The number of aliphatic imine (C=N–C) groups is 1. The van der Waals surface area contributed by atoms with Crippen LogP contribution in [0, 0.1) is 0 Å². The van der Waals surface area contributed by atoms with Crippen molar-refractivity contribution in [1.82, 2.24) is 5.32 Å². The Morgan fingerprint density at radius 1 is 1.36 bits per heavy atom. The van der Waals surface area contributed by atoms with Gasteiger partial charge in [-0.2, -0.15) is 0 Å². The standard InChI is InChI=1S/C13H13N3O4S2/c17-11-4-7-22(19,20)16(11)10-3-1-2-9(8-10)12(18)15-13-14-5-6-21-13/h1-3,8H,4-7H2,(H,14,15,18). The second-order valence-electron chi connectivity index (χ2n) is 4.76. The van der Waals surface area contributed by atoms with Gasteiger partial charge in [0.1, 0.15) is 0 Å². The Kier molecular flexibility index (Phi) is 3.92. The molecule has 2 amide bonds. The van der Waals surface area contributed by atoms with Crippen LogP contribution in [0.3, 0.4) is 0 Å². The lowest BCUT2D eigenvalue weighted by molar-refractivity contribution is -0.116. The van der Waals surface area contributed by atoms with Crippen LogP contribution in [0.5, 0.6) is 0 Å². The summed E-state index contributed by atoms with van der Waals surface area (Å²) in [5.41, 5.74) is 0.471. The Balaban J connectivity index is 1.86. The lowest BCUT2D eigenvalue weighted by Gasteiger charge is -2.15. The number of nitrogens with zero attached hydrogens (tertiary/aromatic N) is 2. The Hall–Kier alpha value is -1.87. The molecule has 9 heteroatoms. The van der Waals surface area contributed by atoms with Crippen LogP contribution in [-0.2, 0) is 14.8 Å². The molecule has 2 aliphatic rings. The van der Waals surface area contributed by atoms with Crippen molar-refractivity contribution in [3.8, 4) is 0 Å². The summed E-state index contributed by atoms with van der Waals surface area (Å²) in [5, 5.41) is 3.22. The molecule has 0 bridgehead atoms. The maximum atomic E-state index is 12.2. The quantitative estimate of drug-likeness (QED) is 0.850. The van der Waals surface area contributed by atoms with Crippen molar-refractivity contribution in [2.45, 2.75) is 6.42 Å². The fourth-order valence-electron chi connectivity index (χ4n) is 2.22. The van der Waals surface area contributed by atoms with Gasteiger partial charge in [0, 0.05) is 17.7 Å². The summed E-state index contributed by atoms with van der Waals surface area (Å²) < 4.78 is 24.6. The zero-order valence-corrected chi connectivity index (χ0v) is 13.1. The summed E-state index contributed by atoms with van der Waals surface area (Å²) in [5.74, 6) is -0.223. The lowest BCUT2D eigenvalue weighted by atomic mass is 10.2. The first-order valence-electron chi connectivity index (χ1n) is 6.62. The van der Waals surface area contributed by atoms with E-state index in [1.54, 1.807) is 12.1 Å². The van der Waals surface area contributed by atoms with E-state index < -0.39 is 15.9 Å². The number of benzene rings is 1. The smallest absolute Gasteiger partial charge is 0.257 e. The minimum Gasteiger partial charge on any atom is -0.301 e. The first-order valence-corrected chi connectivity index (χ1v) is 9.21. The van der Waals surface area contributed by atoms with Crippen LogP contribution in [0.25, 0.3) is 0 Å². The first-order chi connectivity index (χ1) is 10.5. The van der Waals surface area contributed by atoms with Crippen molar-refractivity contribution in [1.29, 1.82) is 0 Å². The van der Waals surface area contributed by atoms with Crippen LogP contribution in [0.1, 0.15) is 16.8 Å². The highest BCUT2D eigenvalue weighted by atomic mass is 32.2. The highest BCUT2D eigenvalue weighted by Crippen LogP contribution is 2.25. The van der Waals surface area contributed by atoms with Crippen molar-refractivity contribution in [2.24, 2.45) is 4.99 Å². The van der Waals surface area contributed by atoms with E-state index >= 15 is 0 Å². The molecule has 1 saturated heterocycles. The minimum absolute atomic E-state index is 0.0355. The summed E-state index contributed by atoms with van der Waals surface area (Å²) in [6.07, 6.45) is -0.0355. The SMILES string of the molecule is O=C(NC1=NCCS1)c1cccc(N2C(=O)CCS2(=O)=O)c1. The highest BCUT2D eigenvalue weighted by molar-refractivity contribution is 8.14. The van der Waals surface area contributed by atoms with Gasteiger partial charge >= 0.3 is 0 Å². The average Bonchev–Trinajstić information content (AvgIpc) is 3.07. The lowest BCUT2D eigenvalue weighted by Crippen LogP contribution is -2.30. The predicted molar refractivity (Wildman–Crippen MR) is 84.6 cm³/mol. The molecule has 0 aromatic heterocycles. The molecular weight excluding hydrogens is 326 g/mol. The van der Waals surface area contributed by atoms with Crippen molar-refractivity contribution in [2.75, 3.05) is 22.4 Å². The molecule has 0 radical (unpaired) electrons. The molecule has 0 unspecified atom stereocenters. The summed E-state index contributed by atoms with van der Waals surface area (Å²) in [7, 11) is -3.63. The molecule has 7 nitrogen and oxygen atoms in total. The van der Waals surface area contributed by atoms with Crippen molar-refractivity contribution in [3.05, 3.63) is 29.8 Å². The topological polar surface area (TPSA) is 95.9 Å². The first kappa shape index (κ1) is 15.0. The minimum atomic E-state index is -3.63. The normalized spacial score (nSPS) is 20.1. The van der Waals surface area contributed by atoms with Crippen molar-refractivity contribution < 1.29 is 18.0 Å². The molecule has 2 heterocycles. The number of nitrogens with one attached hydrogen (secondary N) is 1. The molecule has 22 heavy (non-hydrogen) atoms. The molecule has 1 aromatic rings. The highest BCUT2D eigenvalue weighted by Gasteiger charge is 2.36. The van der Waals surface area contributed by atoms with E-state index in [0.717, 1.165) is 10.1 Å². The van der Waals surface area contributed by atoms with Crippen LogP contribution >= 0.6 is 11.8 Å². The molecule has 2 aliphatic heterocycles. The Morgan fingerprint density at radius 2 is 2.18 bits per heavy atom. The molecule has 0 aliphatic carbocycles. The van der Waals surface area contributed by atoms with Crippen LogP contribution < -0.4 is 9.62 Å². The number of amidine groups is 1. The zero-order valence-electron chi connectivity index (χ0n) is 11.5. The Morgan fingerprint density at radius 3 is 2.82 bits per heavy atom. The van der Waals surface area contributed by atoms with Gasteiger partial charge in [-0.1, -0.05) is 17.8 Å². The van der Waals surface area contributed by atoms with Crippen LogP contribution in [0.2, 0.25) is 0 Å². The molecule has 0 spiro atoms. The van der Waals surface area contributed by atoms with Gasteiger partial charge in [-0.05, 0) is 18.2 Å². The van der Waals surface area contributed by atoms with Gasteiger partial charge in [-0.25, -0.2) is 12.7 Å². The fraction of sp³-hybridized carbons (Fsp3) is 0.308. The number of thioether (sulfide) groups is 1. The maximum Gasteiger partial charge on any atom is 0.257 e. The summed E-state index contributed by atoms with van der Waals surface area (Å²) >= 11 is 1.45. The Bertz CT molecular complexity index is 773. The van der Waals surface area contributed by atoms with Crippen LogP contribution in [0.4, 0.5) is 5.69 Å². The second kappa shape index (κ2) is 5.73. The second-order valence-corrected chi connectivity index (χ2v) is 7.78. The number of amides is 2.